The predicted molar refractivity (Wildman–Crippen MR) is 63.7 cm³/mol. The Balaban J connectivity index is 2.11. The Morgan fingerprint density at radius 2 is 1.94 bits per heavy atom. The largest absolute Gasteiger partial charge is 0.294 e. The van der Waals surface area contributed by atoms with Crippen LogP contribution in [-0.4, -0.2) is 10.8 Å². The Kier molecular flexibility index (Phi) is 3.32. The third kappa shape index (κ3) is 2.67. The van der Waals surface area contributed by atoms with E-state index in [0.29, 0.717) is 17.0 Å². The van der Waals surface area contributed by atoms with Crippen LogP contribution in [0, 0.1) is 0 Å². The van der Waals surface area contributed by atoms with Crippen molar-refractivity contribution >= 4 is 17.4 Å². The standard InChI is InChI=1S/C13H10ClNO/c14-12-5-3-10(4-6-12)8-13(16)11-2-1-7-15-9-11/h1-7,9H,8H2. The molecule has 0 amide bonds. The van der Waals surface area contributed by atoms with E-state index in [1.165, 1.54) is 0 Å². The van der Waals surface area contributed by atoms with Crippen LogP contribution in [0.1, 0.15) is 15.9 Å². The molecule has 0 N–H and O–H groups in total. The summed E-state index contributed by atoms with van der Waals surface area (Å²) in [6, 6.07) is 10.8. The third-order valence-corrected chi connectivity index (χ3v) is 2.51. The first kappa shape index (κ1) is 10.8. The fraction of sp³-hybridized carbons (Fsp3) is 0.0769. The Labute approximate surface area is 98.9 Å². The van der Waals surface area contributed by atoms with Crippen molar-refractivity contribution in [3.8, 4) is 0 Å². The van der Waals surface area contributed by atoms with Crippen molar-refractivity contribution in [1.82, 2.24) is 4.98 Å². The second-order valence-electron chi connectivity index (χ2n) is 3.47. The van der Waals surface area contributed by atoms with Gasteiger partial charge >= 0.3 is 0 Å². The second-order valence-corrected chi connectivity index (χ2v) is 3.90. The number of benzene rings is 1. The Morgan fingerprint density at radius 1 is 1.19 bits per heavy atom. The number of nitrogens with zero attached hydrogens (tertiary/aromatic N) is 1. The normalized spacial score (nSPS) is 10.1. The molecule has 0 spiro atoms. The van der Waals surface area contributed by atoms with E-state index < -0.39 is 0 Å². The van der Waals surface area contributed by atoms with E-state index in [-0.39, 0.29) is 5.78 Å². The van der Waals surface area contributed by atoms with Crippen LogP contribution in [-0.2, 0) is 6.42 Å². The van der Waals surface area contributed by atoms with Crippen LogP contribution in [0.2, 0.25) is 5.02 Å². The maximum atomic E-state index is 11.8. The fourth-order valence-corrected chi connectivity index (χ4v) is 1.54. The highest BCUT2D eigenvalue weighted by Crippen LogP contribution is 2.11. The van der Waals surface area contributed by atoms with Crippen molar-refractivity contribution in [3.05, 3.63) is 64.9 Å². The van der Waals surface area contributed by atoms with Crippen molar-refractivity contribution in [2.45, 2.75) is 6.42 Å². The van der Waals surface area contributed by atoms with Crippen LogP contribution < -0.4 is 0 Å². The molecule has 2 aromatic rings. The van der Waals surface area contributed by atoms with Crippen LogP contribution in [0.3, 0.4) is 0 Å². The van der Waals surface area contributed by atoms with Gasteiger partial charge in [0.15, 0.2) is 5.78 Å². The molecule has 1 aromatic heterocycles. The zero-order valence-corrected chi connectivity index (χ0v) is 9.32. The molecule has 0 saturated heterocycles. The molecule has 80 valence electrons. The topological polar surface area (TPSA) is 30.0 Å². The highest BCUT2D eigenvalue weighted by molar-refractivity contribution is 6.30. The molecule has 16 heavy (non-hydrogen) atoms. The maximum Gasteiger partial charge on any atom is 0.168 e. The lowest BCUT2D eigenvalue weighted by Crippen LogP contribution is -2.03. The van der Waals surface area contributed by atoms with E-state index in [0.717, 1.165) is 5.56 Å². The van der Waals surface area contributed by atoms with E-state index in [2.05, 4.69) is 4.98 Å². The van der Waals surface area contributed by atoms with Crippen LogP contribution in [0.4, 0.5) is 0 Å². The summed E-state index contributed by atoms with van der Waals surface area (Å²) in [6.07, 6.45) is 3.61. The summed E-state index contributed by atoms with van der Waals surface area (Å²) >= 11 is 5.77. The van der Waals surface area contributed by atoms with Crippen LogP contribution in [0.15, 0.2) is 48.8 Å². The number of halogens is 1. The van der Waals surface area contributed by atoms with Gasteiger partial charge in [0.05, 0.1) is 0 Å². The molecular weight excluding hydrogens is 222 g/mol. The van der Waals surface area contributed by atoms with Crippen molar-refractivity contribution < 1.29 is 4.79 Å². The quantitative estimate of drug-likeness (QED) is 0.760. The first-order valence-electron chi connectivity index (χ1n) is 4.93. The van der Waals surface area contributed by atoms with Gasteiger partial charge in [-0.05, 0) is 29.8 Å². The highest BCUT2D eigenvalue weighted by Gasteiger charge is 2.06. The number of carbonyl (C=O) groups excluding carboxylic acids is 1. The minimum absolute atomic E-state index is 0.0652. The molecule has 0 fully saturated rings. The highest BCUT2D eigenvalue weighted by atomic mass is 35.5. The molecule has 0 aliphatic carbocycles. The average molecular weight is 232 g/mol. The van der Waals surface area contributed by atoms with Gasteiger partial charge in [0.25, 0.3) is 0 Å². The van der Waals surface area contributed by atoms with Crippen LogP contribution >= 0.6 is 11.6 Å². The van der Waals surface area contributed by atoms with Gasteiger partial charge in [-0.1, -0.05) is 23.7 Å². The van der Waals surface area contributed by atoms with E-state index in [1.54, 1.807) is 36.7 Å². The number of aromatic nitrogens is 1. The lowest BCUT2D eigenvalue weighted by molar-refractivity contribution is 0.0992. The zero-order valence-electron chi connectivity index (χ0n) is 8.56. The summed E-state index contributed by atoms with van der Waals surface area (Å²) < 4.78 is 0. The number of carbonyl (C=O) groups is 1. The van der Waals surface area contributed by atoms with Gasteiger partial charge in [0.1, 0.15) is 0 Å². The summed E-state index contributed by atoms with van der Waals surface area (Å²) in [5, 5.41) is 0.678. The molecule has 1 aromatic carbocycles. The minimum Gasteiger partial charge on any atom is -0.294 e. The van der Waals surface area contributed by atoms with E-state index in [1.807, 2.05) is 12.1 Å². The lowest BCUT2D eigenvalue weighted by atomic mass is 10.0. The molecule has 1 heterocycles. The van der Waals surface area contributed by atoms with Gasteiger partial charge in [0.2, 0.25) is 0 Å². The number of hydrogen-bond donors (Lipinski definition) is 0. The van der Waals surface area contributed by atoms with Gasteiger partial charge in [0, 0.05) is 29.4 Å². The number of Topliss-reactive ketones (excluding diaryl/α,β-unsaturated/α-hetero) is 1. The van der Waals surface area contributed by atoms with Crippen molar-refractivity contribution in [3.63, 3.8) is 0 Å². The minimum atomic E-state index is 0.0652. The predicted octanol–water partition coefficient (Wildman–Crippen LogP) is 3.16. The molecule has 0 saturated carbocycles. The molecule has 0 atom stereocenters. The number of rotatable bonds is 3. The monoisotopic (exact) mass is 231 g/mol. The van der Waals surface area contributed by atoms with E-state index in [9.17, 15) is 4.79 Å². The van der Waals surface area contributed by atoms with Gasteiger partial charge in [-0.3, -0.25) is 9.78 Å². The van der Waals surface area contributed by atoms with Gasteiger partial charge in [-0.15, -0.1) is 0 Å². The molecule has 0 bridgehead atoms. The smallest absolute Gasteiger partial charge is 0.168 e. The maximum absolute atomic E-state index is 11.8. The van der Waals surface area contributed by atoms with Gasteiger partial charge < -0.3 is 0 Å². The number of hydrogen-bond acceptors (Lipinski definition) is 2. The number of pyridine rings is 1. The van der Waals surface area contributed by atoms with Crippen LogP contribution in [0.25, 0.3) is 0 Å². The SMILES string of the molecule is O=C(Cc1ccc(Cl)cc1)c1cccnc1. The number of ketones is 1. The van der Waals surface area contributed by atoms with Crippen molar-refractivity contribution in [2.24, 2.45) is 0 Å². The zero-order chi connectivity index (χ0) is 11.4. The fourth-order valence-electron chi connectivity index (χ4n) is 1.42. The molecule has 0 radical (unpaired) electrons. The average Bonchev–Trinajstić information content (AvgIpc) is 2.33. The summed E-state index contributed by atoms with van der Waals surface area (Å²) in [6.45, 7) is 0. The summed E-state index contributed by atoms with van der Waals surface area (Å²) in [5.41, 5.74) is 1.59. The Bertz CT molecular complexity index is 479. The molecule has 0 aliphatic heterocycles. The summed E-state index contributed by atoms with van der Waals surface area (Å²) in [7, 11) is 0. The molecule has 2 rings (SSSR count). The van der Waals surface area contributed by atoms with Crippen LogP contribution in [0.5, 0.6) is 0 Å². The van der Waals surface area contributed by atoms with Gasteiger partial charge in [-0.2, -0.15) is 0 Å². The van der Waals surface area contributed by atoms with E-state index >= 15 is 0 Å². The van der Waals surface area contributed by atoms with Gasteiger partial charge in [-0.25, -0.2) is 0 Å². The summed E-state index contributed by atoms with van der Waals surface area (Å²) in [5.74, 6) is 0.0652. The lowest BCUT2D eigenvalue weighted by Gasteiger charge is -2.01. The molecule has 2 nitrogen and oxygen atoms in total. The molecule has 0 unspecified atom stereocenters. The Morgan fingerprint density at radius 3 is 2.56 bits per heavy atom. The molecule has 3 heteroatoms. The third-order valence-electron chi connectivity index (χ3n) is 2.26. The first-order chi connectivity index (χ1) is 7.75. The second kappa shape index (κ2) is 4.90. The first-order valence-corrected chi connectivity index (χ1v) is 5.31. The van der Waals surface area contributed by atoms with E-state index in [4.69, 9.17) is 11.6 Å². The molecule has 0 aliphatic rings. The molecular formula is C13H10ClNO. The van der Waals surface area contributed by atoms with Crippen molar-refractivity contribution in [2.75, 3.05) is 0 Å². The van der Waals surface area contributed by atoms with Crippen molar-refractivity contribution in [1.29, 1.82) is 0 Å². The Hall–Kier alpha value is -1.67. The summed E-state index contributed by atoms with van der Waals surface area (Å²) in [4.78, 5) is 15.7.